The van der Waals surface area contributed by atoms with Crippen molar-refractivity contribution in [2.24, 2.45) is 11.1 Å². The lowest BCUT2D eigenvalue weighted by Gasteiger charge is -2.17. The molecule has 0 amide bonds. The Balaban J connectivity index is 1.51. The molecule has 8 heteroatoms. The average Bonchev–Trinajstić information content (AvgIpc) is 3.17. The fourth-order valence-corrected chi connectivity index (χ4v) is 3.05. The van der Waals surface area contributed by atoms with E-state index < -0.39 is 18.4 Å². The van der Waals surface area contributed by atoms with E-state index in [1.54, 1.807) is 12.1 Å². The van der Waals surface area contributed by atoms with E-state index in [1.165, 1.54) is 6.07 Å². The van der Waals surface area contributed by atoms with Crippen LogP contribution in [0.25, 0.3) is 0 Å². The molecule has 1 aliphatic carbocycles. The number of rotatable bonds is 6. The third-order valence-electron chi connectivity index (χ3n) is 4.75. The van der Waals surface area contributed by atoms with Crippen LogP contribution in [0.2, 0.25) is 0 Å². The van der Waals surface area contributed by atoms with Crippen molar-refractivity contribution in [2.75, 3.05) is 26.4 Å². The summed E-state index contributed by atoms with van der Waals surface area (Å²) in [7, 11) is 0. The van der Waals surface area contributed by atoms with Crippen molar-refractivity contribution in [1.82, 2.24) is 0 Å². The SMILES string of the molecule is FC(F)(F)COc1ccc(C2=NOC3(CCOC3)C2)cc1OCC1CC1. The van der Waals surface area contributed by atoms with E-state index in [1.807, 2.05) is 0 Å². The number of oxime groups is 1. The zero-order valence-electron chi connectivity index (χ0n) is 14.2. The van der Waals surface area contributed by atoms with Crippen LogP contribution in [0.3, 0.4) is 0 Å². The van der Waals surface area contributed by atoms with E-state index in [9.17, 15) is 13.2 Å². The third kappa shape index (κ3) is 4.06. The lowest BCUT2D eigenvalue weighted by atomic mass is 9.93. The van der Waals surface area contributed by atoms with Gasteiger partial charge >= 0.3 is 6.18 Å². The molecular weight excluding hydrogens is 351 g/mol. The molecule has 142 valence electrons. The van der Waals surface area contributed by atoms with Gasteiger partial charge in [0.05, 0.1) is 25.5 Å². The summed E-state index contributed by atoms with van der Waals surface area (Å²) in [6.07, 6.45) is -0.844. The van der Waals surface area contributed by atoms with Crippen molar-refractivity contribution < 1.29 is 32.2 Å². The first kappa shape index (κ1) is 17.5. The Hall–Kier alpha value is -1.96. The Labute approximate surface area is 149 Å². The molecule has 0 bridgehead atoms. The lowest BCUT2D eigenvalue weighted by Crippen LogP contribution is -2.29. The Morgan fingerprint density at radius 2 is 2.04 bits per heavy atom. The maximum Gasteiger partial charge on any atom is 0.422 e. The second kappa shape index (κ2) is 6.64. The first-order chi connectivity index (χ1) is 12.4. The van der Waals surface area contributed by atoms with Gasteiger partial charge in [0.1, 0.15) is 0 Å². The minimum Gasteiger partial charge on any atom is -0.489 e. The highest BCUT2D eigenvalue weighted by Crippen LogP contribution is 2.37. The van der Waals surface area contributed by atoms with Gasteiger partial charge in [0, 0.05) is 18.4 Å². The van der Waals surface area contributed by atoms with Crippen LogP contribution in [0.1, 0.15) is 31.2 Å². The van der Waals surface area contributed by atoms with Crippen LogP contribution in [0.4, 0.5) is 13.2 Å². The average molecular weight is 371 g/mol. The molecule has 1 unspecified atom stereocenters. The Morgan fingerprint density at radius 3 is 2.73 bits per heavy atom. The molecule has 3 aliphatic rings. The molecule has 0 aromatic heterocycles. The Morgan fingerprint density at radius 1 is 1.19 bits per heavy atom. The first-order valence-corrected chi connectivity index (χ1v) is 8.72. The number of alkyl halides is 3. The molecule has 2 heterocycles. The first-order valence-electron chi connectivity index (χ1n) is 8.72. The molecular formula is C18H20F3NO4. The highest BCUT2D eigenvalue weighted by molar-refractivity contribution is 6.02. The predicted octanol–water partition coefficient (Wildman–Crippen LogP) is 3.70. The second-order valence-corrected chi connectivity index (χ2v) is 7.11. The van der Waals surface area contributed by atoms with Gasteiger partial charge in [0.25, 0.3) is 0 Å². The van der Waals surface area contributed by atoms with E-state index >= 15 is 0 Å². The summed E-state index contributed by atoms with van der Waals surface area (Å²) in [6, 6.07) is 4.87. The number of ether oxygens (including phenoxy) is 3. The minimum absolute atomic E-state index is 0.0881. The van der Waals surface area contributed by atoms with Crippen LogP contribution >= 0.6 is 0 Å². The van der Waals surface area contributed by atoms with Crippen LogP contribution in [0.15, 0.2) is 23.4 Å². The van der Waals surface area contributed by atoms with E-state index in [2.05, 4.69) is 5.16 Å². The van der Waals surface area contributed by atoms with Crippen LogP contribution in [0.5, 0.6) is 11.5 Å². The zero-order valence-corrected chi connectivity index (χ0v) is 14.2. The highest BCUT2D eigenvalue weighted by atomic mass is 19.4. The van der Waals surface area contributed by atoms with E-state index in [0.29, 0.717) is 37.9 Å². The van der Waals surface area contributed by atoms with Gasteiger partial charge < -0.3 is 19.0 Å². The molecule has 1 saturated heterocycles. The van der Waals surface area contributed by atoms with Crippen molar-refractivity contribution in [2.45, 2.75) is 37.5 Å². The molecule has 4 rings (SSSR count). The summed E-state index contributed by atoms with van der Waals surface area (Å²) < 4.78 is 53.5. The summed E-state index contributed by atoms with van der Waals surface area (Å²) in [5.74, 6) is 0.871. The van der Waals surface area contributed by atoms with Crippen molar-refractivity contribution >= 4 is 5.71 Å². The topological polar surface area (TPSA) is 49.3 Å². The van der Waals surface area contributed by atoms with Gasteiger partial charge in [0.2, 0.25) is 0 Å². The monoisotopic (exact) mass is 371 g/mol. The predicted molar refractivity (Wildman–Crippen MR) is 86.6 cm³/mol. The van der Waals surface area contributed by atoms with Gasteiger partial charge in [-0.3, -0.25) is 0 Å². The molecule has 26 heavy (non-hydrogen) atoms. The summed E-state index contributed by atoms with van der Waals surface area (Å²) >= 11 is 0. The lowest BCUT2D eigenvalue weighted by molar-refractivity contribution is -0.153. The maximum atomic E-state index is 12.5. The molecule has 1 atom stereocenters. The Kier molecular flexibility index (Phi) is 4.46. The largest absolute Gasteiger partial charge is 0.489 e. The smallest absolute Gasteiger partial charge is 0.422 e. The number of nitrogens with zero attached hydrogens (tertiary/aromatic N) is 1. The second-order valence-electron chi connectivity index (χ2n) is 7.11. The number of halogens is 3. The van der Waals surface area contributed by atoms with Crippen LogP contribution in [0, 0.1) is 5.92 Å². The van der Waals surface area contributed by atoms with Gasteiger partial charge in [-0.2, -0.15) is 13.2 Å². The van der Waals surface area contributed by atoms with Gasteiger partial charge in [-0.15, -0.1) is 0 Å². The van der Waals surface area contributed by atoms with Gasteiger partial charge in [0.15, 0.2) is 23.7 Å². The number of hydrogen-bond acceptors (Lipinski definition) is 5. The molecule has 0 radical (unpaired) electrons. The minimum atomic E-state index is -4.40. The molecule has 1 spiro atoms. The molecule has 0 N–H and O–H groups in total. The highest BCUT2D eigenvalue weighted by Gasteiger charge is 2.43. The standard InChI is InChI=1S/C18H20F3NO4/c19-18(20,21)11-25-15-4-3-13(7-16(15)24-9-12-1-2-12)14-8-17(26-22-14)5-6-23-10-17/h3-4,7,12H,1-2,5-6,8-11H2. The molecule has 1 aromatic rings. The van der Waals surface area contributed by atoms with Gasteiger partial charge in [-0.05, 0) is 37.0 Å². The molecule has 2 aliphatic heterocycles. The molecule has 2 fully saturated rings. The van der Waals surface area contributed by atoms with Gasteiger partial charge in [-0.1, -0.05) is 5.16 Å². The fourth-order valence-electron chi connectivity index (χ4n) is 3.05. The van der Waals surface area contributed by atoms with E-state index in [4.69, 9.17) is 19.0 Å². The fraction of sp³-hybridized carbons (Fsp3) is 0.611. The zero-order chi connectivity index (χ0) is 18.2. The van der Waals surface area contributed by atoms with E-state index in [-0.39, 0.29) is 5.75 Å². The van der Waals surface area contributed by atoms with Crippen molar-refractivity contribution in [3.63, 3.8) is 0 Å². The summed E-state index contributed by atoms with van der Waals surface area (Å²) in [4.78, 5) is 5.58. The van der Waals surface area contributed by atoms with Crippen LogP contribution < -0.4 is 9.47 Å². The van der Waals surface area contributed by atoms with E-state index in [0.717, 1.165) is 30.5 Å². The van der Waals surface area contributed by atoms with Gasteiger partial charge in [-0.25, -0.2) is 0 Å². The van der Waals surface area contributed by atoms with Crippen molar-refractivity contribution in [3.05, 3.63) is 23.8 Å². The Bertz CT molecular complexity index is 694. The quantitative estimate of drug-likeness (QED) is 0.765. The number of hydrogen-bond donors (Lipinski definition) is 0. The van der Waals surface area contributed by atoms with Crippen LogP contribution in [-0.4, -0.2) is 43.9 Å². The molecule has 1 aromatic carbocycles. The van der Waals surface area contributed by atoms with Crippen molar-refractivity contribution in [1.29, 1.82) is 0 Å². The molecule has 1 saturated carbocycles. The normalized spacial score (nSPS) is 25.3. The maximum absolute atomic E-state index is 12.5. The third-order valence-corrected chi connectivity index (χ3v) is 4.75. The summed E-state index contributed by atoms with van der Waals surface area (Å²) in [5, 5.41) is 4.17. The molecule has 5 nitrogen and oxygen atoms in total. The van der Waals surface area contributed by atoms with Crippen molar-refractivity contribution in [3.8, 4) is 11.5 Å². The summed E-state index contributed by atoms with van der Waals surface area (Å²) in [5.41, 5.74) is 1.10. The number of benzene rings is 1. The summed E-state index contributed by atoms with van der Waals surface area (Å²) in [6.45, 7) is 0.268. The van der Waals surface area contributed by atoms with Crippen LogP contribution in [-0.2, 0) is 9.57 Å².